The van der Waals surface area contributed by atoms with Gasteiger partial charge < -0.3 is 5.32 Å². The highest BCUT2D eigenvalue weighted by atomic mass is 14.9. The number of rotatable bonds is 10. The average Bonchev–Trinajstić information content (AvgIpc) is 2.43. The SMILES string of the molecule is CCCCCC(CCc1ccccc1C)NCCC. The van der Waals surface area contributed by atoms with E-state index in [-0.39, 0.29) is 0 Å². The van der Waals surface area contributed by atoms with Crippen LogP contribution in [0.1, 0.15) is 63.5 Å². The molecule has 0 radical (unpaired) electrons. The summed E-state index contributed by atoms with van der Waals surface area (Å²) in [6.45, 7) is 7.91. The first-order valence-corrected chi connectivity index (χ1v) is 8.05. The van der Waals surface area contributed by atoms with Gasteiger partial charge in [-0.05, 0) is 50.3 Å². The van der Waals surface area contributed by atoms with Crippen molar-refractivity contribution in [3.05, 3.63) is 35.4 Å². The summed E-state index contributed by atoms with van der Waals surface area (Å²) in [7, 11) is 0. The highest BCUT2D eigenvalue weighted by Crippen LogP contribution is 2.14. The zero-order chi connectivity index (χ0) is 13.9. The predicted octanol–water partition coefficient (Wildman–Crippen LogP) is 4.88. The Bertz CT molecular complexity index is 332. The molecule has 0 bridgehead atoms. The van der Waals surface area contributed by atoms with Crippen LogP contribution >= 0.6 is 0 Å². The maximum atomic E-state index is 3.72. The van der Waals surface area contributed by atoms with Crippen LogP contribution in [0.25, 0.3) is 0 Å². The van der Waals surface area contributed by atoms with Crippen LogP contribution in [-0.4, -0.2) is 12.6 Å². The second kappa shape index (κ2) is 10.0. The summed E-state index contributed by atoms with van der Waals surface area (Å²) < 4.78 is 0. The third-order valence-electron chi connectivity index (χ3n) is 3.86. The second-order valence-corrected chi connectivity index (χ2v) is 5.61. The summed E-state index contributed by atoms with van der Waals surface area (Å²) in [5.74, 6) is 0. The van der Waals surface area contributed by atoms with Gasteiger partial charge in [-0.15, -0.1) is 0 Å². The first-order chi connectivity index (χ1) is 9.27. The summed E-state index contributed by atoms with van der Waals surface area (Å²) in [5, 5.41) is 3.72. The van der Waals surface area contributed by atoms with Crippen LogP contribution in [-0.2, 0) is 6.42 Å². The lowest BCUT2D eigenvalue weighted by atomic mass is 9.98. The number of nitrogens with one attached hydrogen (secondary N) is 1. The van der Waals surface area contributed by atoms with Gasteiger partial charge in [0.15, 0.2) is 0 Å². The first kappa shape index (κ1) is 16.2. The van der Waals surface area contributed by atoms with Gasteiger partial charge in [-0.25, -0.2) is 0 Å². The Morgan fingerprint density at radius 1 is 1.00 bits per heavy atom. The fourth-order valence-corrected chi connectivity index (χ4v) is 2.56. The first-order valence-electron chi connectivity index (χ1n) is 8.05. The molecule has 1 aromatic rings. The van der Waals surface area contributed by atoms with E-state index in [9.17, 15) is 0 Å². The molecule has 0 heterocycles. The molecule has 108 valence electrons. The fraction of sp³-hybridized carbons (Fsp3) is 0.667. The van der Waals surface area contributed by atoms with Crippen molar-refractivity contribution in [3.63, 3.8) is 0 Å². The highest BCUT2D eigenvalue weighted by molar-refractivity contribution is 5.25. The second-order valence-electron chi connectivity index (χ2n) is 5.61. The minimum Gasteiger partial charge on any atom is -0.314 e. The number of aryl methyl sites for hydroxylation is 2. The van der Waals surface area contributed by atoms with Gasteiger partial charge in [0.2, 0.25) is 0 Å². The van der Waals surface area contributed by atoms with Gasteiger partial charge >= 0.3 is 0 Å². The Hall–Kier alpha value is -0.820. The van der Waals surface area contributed by atoms with Crippen LogP contribution in [0, 0.1) is 6.92 Å². The molecule has 1 rings (SSSR count). The topological polar surface area (TPSA) is 12.0 Å². The van der Waals surface area contributed by atoms with Gasteiger partial charge in [0.05, 0.1) is 0 Å². The Balaban J connectivity index is 2.40. The molecule has 19 heavy (non-hydrogen) atoms. The van der Waals surface area contributed by atoms with Crippen molar-refractivity contribution >= 4 is 0 Å². The van der Waals surface area contributed by atoms with E-state index in [1.54, 1.807) is 0 Å². The van der Waals surface area contributed by atoms with Gasteiger partial charge in [0, 0.05) is 6.04 Å². The monoisotopic (exact) mass is 261 g/mol. The Labute approximate surface area is 119 Å². The predicted molar refractivity (Wildman–Crippen MR) is 85.7 cm³/mol. The van der Waals surface area contributed by atoms with Crippen molar-refractivity contribution in [2.45, 2.75) is 71.8 Å². The van der Waals surface area contributed by atoms with Crippen molar-refractivity contribution in [2.75, 3.05) is 6.54 Å². The van der Waals surface area contributed by atoms with Gasteiger partial charge in [-0.1, -0.05) is 57.4 Å². The van der Waals surface area contributed by atoms with Crippen LogP contribution in [0.5, 0.6) is 0 Å². The summed E-state index contributed by atoms with van der Waals surface area (Å²) >= 11 is 0. The van der Waals surface area contributed by atoms with Gasteiger partial charge in [0.1, 0.15) is 0 Å². The molecule has 1 unspecified atom stereocenters. The van der Waals surface area contributed by atoms with Crippen LogP contribution in [0.2, 0.25) is 0 Å². The van der Waals surface area contributed by atoms with Crippen molar-refractivity contribution in [1.82, 2.24) is 5.32 Å². The molecule has 0 aliphatic heterocycles. The molecule has 0 amide bonds. The van der Waals surface area contributed by atoms with Crippen molar-refractivity contribution in [2.24, 2.45) is 0 Å². The van der Waals surface area contributed by atoms with Crippen molar-refractivity contribution in [1.29, 1.82) is 0 Å². The zero-order valence-electron chi connectivity index (χ0n) is 13.0. The maximum absolute atomic E-state index is 3.72. The van der Waals surface area contributed by atoms with Gasteiger partial charge in [-0.2, -0.15) is 0 Å². The van der Waals surface area contributed by atoms with Crippen LogP contribution in [0.4, 0.5) is 0 Å². The molecule has 1 atom stereocenters. The molecule has 0 aliphatic rings. The molecule has 0 fully saturated rings. The lowest BCUT2D eigenvalue weighted by molar-refractivity contribution is 0.434. The molecule has 0 spiro atoms. The maximum Gasteiger partial charge on any atom is 0.00702 e. The lowest BCUT2D eigenvalue weighted by Gasteiger charge is -2.19. The quantitative estimate of drug-likeness (QED) is 0.592. The number of benzene rings is 1. The molecule has 1 N–H and O–H groups in total. The van der Waals surface area contributed by atoms with E-state index in [0.717, 1.165) is 6.54 Å². The lowest BCUT2D eigenvalue weighted by Crippen LogP contribution is -2.30. The van der Waals surface area contributed by atoms with E-state index in [1.807, 2.05) is 0 Å². The van der Waals surface area contributed by atoms with Crippen LogP contribution in [0.15, 0.2) is 24.3 Å². The summed E-state index contributed by atoms with van der Waals surface area (Å²) in [6, 6.07) is 9.49. The smallest absolute Gasteiger partial charge is 0.00702 e. The summed E-state index contributed by atoms with van der Waals surface area (Å²) in [4.78, 5) is 0. The summed E-state index contributed by atoms with van der Waals surface area (Å²) in [5.41, 5.74) is 2.95. The Kier molecular flexibility index (Phi) is 8.57. The van der Waals surface area contributed by atoms with Crippen molar-refractivity contribution < 1.29 is 0 Å². The van der Waals surface area contributed by atoms with Crippen LogP contribution in [0.3, 0.4) is 0 Å². The molecular formula is C18H31N. The standard InChI is InChI=1S/C18H31N/c1-4-6-7-12-18(19-15-5-2)14-13-17-11-9-8-10-16(17)3/h8-11,18-19H,4-7,12-15H2,1-3H3. The highest BCUT2D eigenvalue weighted by Gasteiger charge is 2.08. The molecule has 1 nitrogen and oxygen atoms in total. The molecule has 0 saturated carbocycles. The number of hydrogen-bond acceptors (Lipinski definition) is 1. The largest absolute Gasteiger partial charge is 0.314 e. The van der Waals surface area contributed by atoms with Crippen LogP contribution < -0.4 is 5.32 Å². The zero-order valence-corrected chi connectivity index (χ0v) is 13.0. The van der Waals surface area contributed by atoms with Crippen molar-refractivity contribution in [3.8, 4) is 0 Å². The minimum absolute atomic E-state index is 0.700. The Morgan fingerprint density at radius 3 is 2.47 bits per heavy atom. The van der Waals surface area contributed by atoms with E-state index in [4.69, 9.17) is 0 Å². The third kappa shape index (κ3) is 6.77. The van der Waals surface area contributed by atoms with E-state index < -0.39 is 0 Å². The molecular weight excluding hydrogens is 230 g/mol. The average molecular weight is 261 g/mol. The van der Waals surface area contributed by atoms with E-state index in [1.165, 1.54) is 56.1 Å². The molecule has 0 saturated heterocycles. The normalized spacial score (nSPS) is 12.6. The minimum atomic E-state index is 0.700. The summed E-state index contributed by atoms with van der Waals surface area (Å²) in [6.07, 6.45) is 9.10. The molecule has 1 aromatic carbocycles. The van der Waals surface area contributed by atoms with Gasteiger partial charge in [-0.3, -0.25) is 0 Å². The molecule has 1 heteroatoms. The fourth-order valence-electron chi connectivity index (χ4n) is 2.56. The number of hydrogen-bond donors (Lipinski definition) is 1. The third-order valence-corrected chi connectivity index (χ3v) is 3.86. The van der Waals surface area contributed by atoms with E-state index in [2.05, 4.69) is 50.4 Å². The Morgan fingerprint density at radius 2 is 1.79 bits per heavy atom. The van der Waals surface area contributed by atoms with Gasteiger partial charge in [0.25, 0.3) is 0 Å². The molecule has 0 aliphatic carbocycles. The van der Waals surface area contributed by atoms with E-state index in [0.29, 0.717) is 6.04 Å². The van der Waals surface area contributed by atoms with E-state index >= 15 is 0 Å². The molecule has 0 aromatic heterocycles. The number of unbranched alkanes of at least 4 members (excludes halogenated alkanes) is 2.